The van der Waals surface area contributed by atoms with Crippen molar-refractivity contribution in [1.82, 2.24) is 5.32 Å². The summed E-state index contributed by atoms with van der Waals surface area (Å²) < 4.78 is 49.6. The highest BCUT2D eigenvalue weighted by atomic mass is 32.2. The first-order valence-corrected chi connectivity index (χ1v) is 9.37. The first-order valence-electron chi connectivity index (χ1n) is 7.55. The molecule has 0 saturated carbocycles. The highest BCUT2D eigenvalue weighted by Gasteiger charge is 2.35. The van der Waals surface area contributed by atoms with Gasteiger partial charge in [0.05, 0.1) is 23.1 Å². The Kier molecular flexibility index (Phi) is 4.27. The fraction of sp³-hybridized carbons (Fsp3) is 0.533. The van der Waals surface area contributed by atoms with Crippen LogP contribution in [0.15, 0.2) is 18.2 Å². The molecule has 1 aromatic rings. The summed E-state index contributed by atoms with van der Waals surface area (Å²) in [5, 5.41) is 2.85. The molecule has 0 aliphatic carbocycles. The summed E-state index contributed by atoms with van der Waals surface area (Å²) in [5.74, 6) is -2.03. The minimum atomic E-state index is -3.09. The summed E-state index contributed by atoms with van der Waals surface area (Å²) in [4.78, 5) is 13.9. The SMILES string of the molecule is O=C(N[C@@H]1CCN(c2ccc(F)cc2F)C1)[C@H]1CCS(=O)(=O)C1. The number of nitrogens with zero attached hydrogens (tertiary/aromatic N) is 1. The van der Waals surface area contributed by atoms with Gasteiger partial charge >= 0.3 is 0 Å². The number of halogens is 2. The number of carbonyl (C=O) groups excluding carboxylic acids is 1. The Labute approximate surface area is 133 Å². The van der Waals surface area contributed by atoms with Crippen LogP contribution in [-0.2, 0) is 14.6 Å². The van der Waals surface area contributed by atoms with E-state index in [1.54, 1.807) is 4.90 Å². The number of hydrogen-bond donors (Lipinski definition) is 1. The van der Waals surface area contributed by atoms with E-state index in [9.17, 15) is 22.0 Å². The molecule has 5 nitrogen and oxygen atoms in total. The molecule has 1 aromatic carbocycles. The summed E-state index contributed by atoms with van der Waals surface area (Å²) in [6, 6.07) is 3.27. The van der Waals surface area contributed by atoms with Crippen molar-refractivity contribution in [3.63, 3.8) is 0 Å². The van der Waals surface area contributed by atoms with Gasteiger partial charge in [0.1, 0.15) is 11.6 Å². The molecule has 2 aliphatic heterocycles. The maximum absolute atomic E-state index is 13.8. The lowest BCUT2D eigenvalue weighted by Crippen LogP contribution is -2.41. The standard InChI is InChI=1S/C15H18F2N2O3S/c16-11-1-2-14(13(17)7-11)19-5-3-12(8-19)18-15(20)10-4-6-23(21,22)9-10/h1-2,7,10,12H,3-6,8-9H2,(H,18,20)/t10-,12+/m0/s1. The third kappa shape index (κ3) is 3.63. The van der Waals surface area contributed by atoms with Crippen molar-refractivity contribution in [2.24, 2.45) is 5.92 Å². The van der Waals surface area contributed by atoms with Crippen LogP contribution < -0.4 is 10.2 Å². The van der Waals surface area contributed by atoms with Crippen molar-refractivity contribution in [2.45, 2.75) is 18.9 Å². The Morgan fingerprint density at radius 3 is 2.70 bits per heavy atom. The number of benzene rings is 1. The van der Waals surface area contributed by atoms with Gasteiger partial charge in [0.25, 0.3) is 0 Å². The Morgan fingerprint density at radius 1 is 1.26 bits per heavy atom. The lowest BCUT2D eigenvalue weighted by Gasteiger charge is -2.20. The summed E-state index contributed by atoms with van der Waals surface area (Å²) >= 11 is 0. The number of rotatable bonds is 3. The van der Waals surface area contributed by atoms with Crippen LogP contribution in [0.5, 0.6) is 0 Å². The minimum absolute atomic E-state index is 0.0582. The molecule has 0 spiro atoms. The predicted molar refractivity (Wildman–Crippen MR) is 81.9 cm³/mol. The normalized spacial score (nSPS) is 26.4. The van der Waals surface area contributed by atoms with Crippen molar-refractivity contribution in [1.29, 1.82) is 0 Å². The van der Waals surface area contributed by atoms with Gasteiger partial charge < -0.3 is 10.2 Å². The molecule has 3 rings (SSSR count). The van der Waals surface area contributed by atoms with E-state index in [0.29, 0.717) is 31.6 Å². The third-order valence-electron chi connectivity index (χ3n) is 4.39. The number of nitrogens with one attached hydrogen (secondary N) is 1. The number of hydrogen-bond acceptors (Lipinski definition) is 4. The molecular formula is C15H18F2N2O3S. The van der Waals surface area contributed by atoms with Crippen molar-refractivity contribution in [3.05, 3.63) is 29.8 Å². The largest absolute Gasteiger partial charge is 0.367 e. The van der Waals surface area contributed by atoms with E-state index in [1.807, 2.05) is 0 Å². The molecule has 1 amide bonds. The van der Waals surface area contributed by atoms with Crippen LogP contribution in [0.2, 0.25) is 0 Å². The summed E-state index contributed by atoms with van der Waals surface area (Å²) in [7, 11) is -3.09. The van der Waals surface area contributed by atoms with Crippen LogP contribution in [-0.4, -0.2) is 45.0 Å². The maximum Gasteiger partial charge on any atom is 0.224 e. The van der Waals surface area contributed by atoms with E-state index in [1.165, 1.54) is 12.1 Å². The van der Waals surface area contributed by atoms with Crippen LogP contribution in [0.4, 0.5) is 14.5 Å². The molecule has 0 aromatic heterocycles. The molecule has 23 heavy (non-hydrogen) atoms. The second-order valence-corrected chi connectivity index (χ2v) is 8.36. The third-order valence-corrected chi connectivity index (χ3v) is 6.16. The summed E-state index contributed by atoms with van der Waals surface area (Å²) in [6.07, 6.45) is 0.999. The second-order valence-electron chi connectivity index (χ2n) is 6.14. The molecule has 2 saturated heterocycles. The molecule has 0 bridgehead atoms. The average Bonchev–Trinajstić information content (AvgIpc) is 3.05. The van der Waals surface area contributed by atoms with Crippen LogP contribution in [0.1, 0.15) is 12.8 Å². The molecule has 0 radical (unpaired) electrons. The van der Waals surface area contributed by atoms with Gasteiger partial charge in [-0.15, -0.1) is 0 Å². The molecular weight excluding hydrogens is 326 g/mol. The zero-order valence-corrected chi connectivity index (χ0v) is 13.3. The van der Waals surface area contributed by atoms with Gasteiger partial charge in [-0.2, -0.15) is 0 Å². The van der Waals surface area contributed by atoms with Gasteiger partial charge in [0, 0.05) is 25.2 Å². The summed E-state index contributed by atoms with van der Waals surface area (Å²) in [5.41, 5.74) is 0.312. The highest BCUT2D eigenvalue weighted by molar-refractivity contribution is 7.91. The molecule has 2 heterocycles. The Balaban J connectivity index is 1.59. The van der Waals surface area contributed by atoms with Crippen LogP contribution in [0.25, 0.3) is 0 Å². The van der Waals surface area contributed by atoms with Crippen molar-refractivity contribution in [3.8, 4) is 0 Å². The topological polar surface area (TPSA) is 66.5 Å². The average molecular weight is 344 g/mol. The first-order chi connectivity index (χ1) is 10.8. The van der Waals surface area contributed by atoms with Gasteiger partial charge in [0.15, 0.2) is 9.84 Å². The number of sulfone groups is 1. The summed E-state index contributed by atoms with van der Waals surface area (Å²) in [6.45, 7) is 0.976. The molecule has 8 heteroatoms. The van der Waals surface area contributed by atoms with E-state index in [4.69, 9.17) is 0 Å². The quantitative estimate of drug-likeness (QED) is 0.892. The maximum atomic E-state index is 13.8. The highest BCUT2D eigenvalue weighted by Crippen LogP contribution is 2.25. The van der Waals surface area contributed by atoms with E-state index in [-0.39, 0.29) is 23.5 Å². The van der Waals surface area contributed by atoms with Gasteiger partial charge in [0.2, 0.25) is 5.91 Å². The molecule has 2 atom stereocenters. The Bertz CT molecular complexity index is 723. The smallest absolute Gasteiger partial charge is 0.224 e. The molecule has 2 fully saturated rings. The fourth-order valence-corrected chi connectivity index (χ4v) is 4.90. The van der Waals surface area contributed by atoms with E-state index in [2.05, 4.69) is 5.32 Å². The van der Waals surface area contributed by atoms with Crippen molar-refractivity contribution >= 4 is 21.4 Å². The second kappa shape index (κ2) is 6.07. The lowest BCUT2D eigenvalue weighted by molar-refractivity contribution is -0.124. The van der Waals surface area contributed by atoms with E-state index < -0.39 is 27.4 Å². The number of amides is 1. The zero-order chi connectivity index (χ0) is 16.6. The molecule has 2 aliphatic rings. The lowest BCUT2D eigenvalue weighted by atomic mass is 10.1. The van der Waals surface area contributed by atoms with Gasteiger partial charge in [-0.3, -0.25) is 4.79 Å². The van der Waals surface area contributed by atoms with Crippen molar-refractivity contribution in [2.75, 3.05) is 29.5 Å². The van der Waals surface area contributed by atoms with Gasteiger partial charge in [-0.1, -0.05) is 0 Å². The van der Waals surface area contributed by atoms with Crippen LogP contribution >= 0.6 is 0 Å². The fourth-order valence-electron chi connectivity index (χ4n) is 3.16. The zero-order valence-electron chi connectivity index (χ0n) is 12.5. The predicted octanol–water partition coefficient (Wildman–Crippen LogP) is 1.09. The van der Waals surface area contributed by atoms with E-state index >= 15 is 0 Å². The monoisotopic (exact) mass is 344 g/mol. The Morgan fingerprint density at radius 2 is 2.04 bits per heavy atom. The molecule has 1 N–H and O–H groups in total. The van der Waals surface area contributed by atoms with E-state index in [0.717, 1.165) is 6.07 Å². The first kappa shape index (κ1) is 16.2. The van der Waals surface area contributed by atoms with Gasteiger partial charge in [-0.25, -0.2) is 17.2 Å². The Hall–Kier alpha value is -1.70. The minimum Gasteiger partial charge on any atom is -0.367 e. The molecule has 126 valence electrons. The van der Waals surface area contributed by atoms with Crippen LogP contribution in [0, 0.1) is 17.6 Å². The molecule has 0 unspecified atom stereocenters. The van der Waals surface area contributed by atoms with Crippen molar-refractivity contribution < 1.29 is 22.0 Å². The number of carbonyl (C=O) groups is 1. The number of anilines is 1. The van der Waals surface area contributed by atoms with Crippen LogP contribution in [0.3, 0.4) is 0 Å². The van der Waals surface area contributed by atoms with Gasteiger partial charge in [-0.05, 0) is 25.0 Å².